The van der Waals surface area contributed by atoms with Crippen molar-refractivity contribution in [2.75, 3.05) is 19.7 Å². The van der Waals surface area contributed by atoms with Crippen LogP contribution in [0.4, 0.5) is 4.79 Å². The number of benzene rings is 4. The number of carbonyl (C=O) groups is 2. The molecule has 0 saturated carbocycles. The van der Waals surface area contributed by atoms with Crippen LogP contribution in [0.3, 0.4) is 0 Å². The molecule has 1 aliphatic rings. The van der Waals surface area contributed by atoms with Crippen LogP contribution in [0.15, 0.2) is 91.0 Å². The Balaban J connectivity index is 1.18. The van der Waals surface area contributed by atoms with Crippen LogP contribution in [-0.4, -0.2) is 42.8 Å². The first-order chi connectivity index (χ1) is 19.5. The van der Waals surface area contributed by atoms with Crippen molar-refractivity contribution in [3.05, 3.63) is 118 Å². The Bertz CT molecular complexity index is 1470. The molecule has 1 heterocycles. The molecule has 0 radical (unpaired) electrons. The van der Waals surface area contributed by atoms with E-state index in [1.54, 1.807) is 24.3 Å². The van der Waals surface area contributed by atoms with Crippen LogP contribution in [0.25, 0.3) is 10.8 Å². The van der Waals surface area contributed by atoms with Gasteiger partial charge in [0, 0.05) is 19.0 Å². The maximum absolute atomic E-state index is 12.2. The van der Waals surface area contributed by atoms with Crippen LogP contribution in [0.2, 0.25) is 5.02 Å². The third kappa shape index (κ3) is 6.82. The SMILES string of the molecule is O=C(OCCCc1ccc(C2CCN(C(=O)[O-])CC2OCc2ccc3ccccc3c2)cc1)c1ccccc1Cl. The molecule has 1 fully saturated rings. The predicted molar refractivity (Wildman–Crippen MR) is 153 cm³/mol. The van der Waals surface area contributed by atoms with Crippen molar-refractivity contribution in [1.29, 1.82) is 0 Å². The van der Waals surface area contributed by atoms with Gasteiger partial charge in [0.1, 0.15) is 6.09 Å². The fourth-order valence-electron chi connectivity index (χ4n) is 5.24. The lowest BCUT2D eigenvalue weighted by Crippen LogP contribution is -2.51. The number of amides is 1. The smallest absolute Gasteiger partial charge is 0.339 e. The van der Waals surface area contributed by atoms with Gasteiger partial charge in [0.15, 0.2) is 0 Å². The lowest BCUT2D eigenvalue weighted by atomic mass is 9.86. The van der Waals surface area contributed by atoms with Gasteiger partial charge in [-0.25, -0.2) is 4.79 Å². The average Bonchev–Trinajstić information content (AvgIpc) is 2.98. The highest BCUT2D eigenvalue weighted by atomic mass is 35.5. The number of rotatable bonds is 9. The maximum Gasteiger partial charge on any atom is 0.339 e. The number of likely N-dealkylation sites (tertiary alicyclic amines) is 1. The molecule has 2 atom stereocenters. The fourth-order valence-corrected chi connectivity index (χ4v) is 5.45. The van der Waals surface area contributed by atoms with E-state index in [9.17, 15) is 14.7 Å². The highest BCUT2D eigenvalue weighted by Gasteiger charge is 2.31. The molecule has 1 amide bonds. The molecule has 40 heavy (non-hydrogen) atoms. The molecular formula is C33H31ClNO5-. The number of carboxylic acid groups (broad SMARTS) is 1. The molecule has 0 bridgehead atoms. The number of halogens is 1. The number of piperidine rings is 1. The van der Waals surface area contributed by atoms with E-state index in [1.165, 1.54) is 10.3 Å². The molecule has 5 rings (SSSR count). The normalized spacial score (nSPS) is 17.1. The summed E-state index contributed by atoms with van der Waals surface area (Å²) in [7, 11) is 0. The van der Waals surface area contributed by atoms with Crippen LogP contribution < -0.4 is 5.11 Å². The second-order valence-electron chi connectivity index (χ2n) is 10.1. The van der Waals surface area contributed by atoms with Crippen molar-refractivity contribution in [2.45, 2.75) is 37.9 Å². The van der Waals surface area contributed by atoms with Gasteiger partial charge in [-0.3, -0.25) is 0 Å². The molecule has 2 unspecified atom stereocenters. The Morgan fingerprint density at radius 3 is 2.40 bits per heavy atom. The van der Waals surface area contributed by atoms with Crippen molar-refractivity contribution in [1.82, 2.24) is 4.90 Å². The molecule has 206 valence electrons. The molecular weight excluding hydrogens is 526 g/mol. The monoisotopic (exact) mass is 556 g/mol. The topological polar surface area (TPSA) is 78.9 Å². The Kier molecular flexibility index (Phi) is 8.99. The molecule has 1 saturated heterocycles. The molecule has 1 aliphatic heterocycles. The number of hydrogen-bond acceptors (Lipinski definition) is 5. The summed E-state index contributed by atoms with van der Waals surface area (Å²) in [4.78, 5) is 25.2. The second kappa shape index (κ2) is 13.0. The van der Waals surface area contributed by atoms with E-state index in [4.69, 9.17) is 21.1 Å². The average molecular weight is 557 g/mol. The van der Waals surface area contributed by atoms with Crippen LogP contribution in [-0.2, 0) is 22.5 Å². The van der Waals surface area contributed by atoms with Crippen LogP contribution >= 0.6 is 11.6 Å². The number of carbonyl (C=O) groups excluding carboxylic acids is 2. The molecule has 7 heteroatoms. The van der Waals surface area contributed by atoms with Gasteiger partial charge in [0.25, 0.3) is 0 Å². The van der Waals surface area contributed by atoms with Gasteiger partial charge in [-0.05, 0) is 64.9 Å². The number of aryl methyl sites for hydroxylation is 1. The summed E-state index contributed by atoms with van der Waals surface area (Å²) in [6, 6.07) is 29.6. The van der Waals surface area contributed by atoms with E-state index in [1.807, 2.05) is 12.1 Å². The molecule has 6 nitrogen and oxygen atoms in total. The molecule has 4 aromatic carbocycles. The zero-order valence-corrected chi connectivity index (χ0v) is 22.9. The Labute approximate surface area is 239 Å². The number of ether oxygens (including phenoxy) is 2. The van der Waals surface area contributed by atoms with E-state index >= 15 is 0 Å². The maximum atomic E-state index is 12.2. The first kappa shape index (κ1) is 27.7. The minimum atomic E-state index is -1.16. The van der Waals surface area contributed by atoms with E-state index < -0.39 is 12.1 Å². The van der Waals surface area contributed by atoms with Gasteiger partial charge in [-0.1, -0.05) is 84.4 Å². The minimum absolute atomic E-state index is 0.0710. The van der Waals surface area contributed by atoms with Gasteiger partial charge in [0.05, 0.1) is 29.9 Å². The summed E-state index contributed by atoms with van der Waals surface area (Å²) in [5, 5.41) is 14.3. The molecule has 0 spiro atoms. The van der Waals surface area contributed by atoms with Gasteiger partial charge in [-0.15, -0.1) is 0 Å². The van der Waals surface area contributed by atoms with E-state index in [2.05, 4.69) is 54.6 Å². The summed E-state index contributed by atoms with van der Waals surface area (Å²) in [5.41, 5.74) is 3.68. The van der Waals surface area contributed by atoms with Gasteiger partial charge < -0.3 is 24.3 Å². The number of fused-ring (bicyclic) bond motifs is 1. The van der Waals surface area contributed by atoms with Crippen molar-refractivity contribution in [2.24, 2.45) is 0 Å². The summed E-state index contributed by atoms with van der Waals surface area (Å²) >= 11 is 6.07. The van der Waals surface area contributed by atoms with E-state index in [0.717, 1.165) is 28.5 Å². The van der Waals surface area contributed by atoms with E-state index in [0.29, 0.717) is 43.2 Å². The first-order valence-corrected chi connectivity index (χ1v) is 13.9. The Morgan fingerprint density at radius 1 is 0.900 bits per heavy atom. The second-order valence-corrected chi connectivity index (χ2v) is 10.5. The third-order valence-electron chi connectivity index (χ3n) is 7.44. The Morgan fingerprint density at radius 2 is 1.62 bits per heavy atom. The lowest BCUT2D eigenvalue weighted by molar-refractivity contribution is -0.268. The largest absolute Gasteiger partial charge is 0.530 e. The summed E-state index contributed by atoms with van der Waals surface area (Å²) < 4.78 is 11.7. The van der Waals surface area contributed by atoms with Crippen molar-refractivity contribution >= 4 is 34.4 Å². The highest BCUT2D eigenvalue weighted by Crippen LogP contribution is 2.32. The van der Waals surface area contributed by atoms with Crippen molar-refractivity contribution < 1.29 is 24.2 Å². The number of esters is 1. The van der Waals surface area contributed by atoms with E-state index in [-0.39, 0.29) is 18.6 Å². The molecule has 4 aromatic rings. The van der Waals surface area contributed by atoms with Gasteiger partial charge in [-0.2, -0.15) is 0 Å². The van der Waals surface area contributed by atoms with Crippen LogP contribution in [0.5, 0.6) is 0 Å². The quantitative estimate of drug-likeness (QED) is 0.187. The van der Waals surface area contributed by atoms with Crippen LogP contribution in [0, 0.1) is 0 Å². The minimum Gasteiger partial charge on any atom is -0.530 e. The highest BCUT2D eigenvalue weighted by molar-refractivity contribution is 6.33. The summed E-state index contributed by atoms with van der Waals surface area (Å²) in [6.07, 6.45) is 0.669. The lowest BCUT2D eigenvalue weighted by Gasteiger charge is -2.40. The predicted octanol–water partition coefficient (Wildman–Crippen LogP) is 6.00. The van der Waals surface area contributed by atoms with Gasteiger partial charge in [0.2, 0.25) is 0 Å². The third-order valence-corrected chi connectivity index (χ3v) is 7.77. The Hall–Kier alpha value is -3.87. The molecule has 0 N–H and O–H groups in total. The van der Waals surface area contributed by atoms with Crippen molar-refractivity contribution in [3.8, 4) is 0 Å². The number of nitrogens with zero attached hydrogens (tertiary/aromatic N) is 1. The van der Waals surface area contributed by atoms with Crippen LogP contribution in [0.1, 0.15) is 45.8 Å². The standard InChI is InChI=1S/C33H32ClNO5/c34-30-10-4-3-9-29(30)32(36)39-19-5-6-23-11-15-26(16-12-23)28-17-18-35(33(37)38)21-31(28)40-22-24-13-14-25-7-1-2-8-27(25)20-24/h1-4,7-16,20,28,31H,5-6,17-19,21-22H2,(H,37,38)/p-1. The van der Waals surface area contributed by atoms with Gasteiger partial charge >= 0.3 is 5.97 Å². The zero-order valence-electron chi connectivity index (χ0n) is 22.1. The fraction of sp³-hybridized carbons (Fsp3) is 0.273. The number of hydrogen-bond donors (Lipinski definition) is 0. The summed E-state index contributed by atoms with van der Waals surface area (Å²) in [6.45, 7) is 1.40. The van der Waals surface area contributed by atoms with Crippen molar-refractivity contribution in [3.63, 3.8) is 0 Å². The molecule has 0 aromatic heterocycles. The molecule has 0 aliphatic carbocycles. The first-order valence-electron chi connectivity index (χ1n) is 13.5. The summed E-state index contributed by atoms with van der Waals surface area (Å²) in [5.74, 6) is -0.347. The zero-order chi connectivity index (χ0) is 27.9.